The Labute approximate surface area is 140 Å². The number of halogens is 2. The van der Waals surface area contributed by atoms with E-state index < -0.39 is 0 Å². The summed E-state index contributed by atoms with van der Waals surface area (Å²) in [5.41, 5.74) is 2.25. The van der Waals surface area contributed by atoms with Crippen LogP contribution in [0.15, 0.2) is 53.3 Å². The number of carbonyl (C=O) groups is 1. The van der Waals surface area contributed by atoms with Gasteiger partial charge in [-0.2, -0.15) is 0 Å². The zero-order chi connectivity index (χ0) is 15.5. The number of benzene rings is 1. The number of pyridine rings is 1. The van der Waals surface area contributed by atoms with Crippen LogP contribution in [-0.2, 0) is 6.54 Å². The van der Waals surface area contributed by atoms with E-state index in [4.69, 9.17) is 11.6 Å². The van der Waals surface area contributed by atoms with Crippen molar-refractivity contribution in [3.8, 4) is 0 Å². The largest absolute Gasteiger partial charge is 0.332 e. The second-order valence-corrected chi connectivity index (χ2v) is 6.02. The standard InChI is InChI=1S/C15H12BrClN4O/c16-10-4-5-14-19-13(9-21(14)8-10)7-18-15(22)20-12-3-1-2-11(17)6-12/h1-6,8-9H,7H2,(H2,18,20,22). The minimum Gasteiger partial charge on any atom is -0.332 e. The van der Waals surface area contributed by atoms with Gasteiger partial charge >= 0.3 is 6.03 Å². The minimum atomic E-state index is -0.305. The molecular formula is C15H12BrClN4O. The summed E-state index contributed by atoms with van der Waals surface area (Å²) < 4.78 is 2.87. The number of urea groups is 1. The second-order valence-electron chi connectivity index (χ2n) is 4.66. The first kappa shape index (κ1) is 14.9. The molecule has 0 spiro atoms. The Hall–Kier alpha value is -2.05. The molecule has 5 nitrogen and oxygen atoms in total. The lowest BCUT2D eigenvalue weighted by Gasteiger charge is -2.06. The normalized spacial score (nSPS) is 10.6. The molecule has 0 unspecified atom stereocenters. The molecule has 7 heteroatoms. The fourth-order valence-corrected chi connectivity index (χ4v) is 2.56. The van der Waals surface area contributed by atoms with Crippen molar-refractivity contribution in [3.05, 3.63) is 64.0 Å². The van der Waals surface area contributed by atoms with E-state index in [0.717, 1.165) is 15.8 Å². The number of hydrogen-bond acceptors (Lipinski definition) is 2. The van der Waals surface area contributed by atoms with Crippen LogP contribution in [0.25, 0.3) is 5.65 Å². The van der Waals surface area contributed by atoms with E-state index in [1.54, 1.807) is 24.3 Å². The molecule has 112 valence electrons. The Balaban J connectivity index is 1.62. The number of nitrogens with zero attached hydrogens (tertiary/aromatic N) is 2. The minimum absolute atomic E-state index is 0.305. The van der Waals surface area contributed by atoms with Crippen LogP contribution in [0, 0.1) is 0 Å². The molecule has 0 aliphatic carbocycles. The molecule has 0 saturated heterocycles. The smallest absolute Gasteiger partial charge is 0.319 e. The highest BCUT2D eigenvalue weighted by Gasteiger charge is 2.05. The highest BCUT2D eigenvalue weighted by molar-refractivity contribution is 9.10. The molecule has 3 rings (SSSR count). The Morgan fingerprint density at radius 2 is 2.14 bits per heavy atom. The molecule has 0 radical (unpaired) electrons. The number of nitrogens with one attached hydrogen (secondary N) is 2. The molecule has 2 aromatic heterocycles. The Bertz CT molecular complexity index is 833. The van der Waals surface area contributed by atoms with Gasteiger partial charge in [0.25, 0.3) is 0 Å². The van der Waals surface area contributed by atoms with Crippen LogP contribution in [0.4, 0.5) is 10.5 Å². The summed E-state index contributed by atoms with van der Waals surface area (Å²) in [5, 5.41) is 6.05. The highest BCUT2D eigenvalue weighted by Crippen LogP contribution is 2.15. The predicted molar refractivity (Wildman–Crippen MR) is 90.2 cm³/mol. The molecule has 0 saturated carbocycles. The van der Waals surface area contributed by atoms with Gasteiger partial charge in [-0.3, -0.25) is 0 Å². The van der Waals surface area contributed by atoms with Crippen LogP contribution < -0.4 is 10.6 Å². The molecule has 1 aromatic carbocycles. The van der Waals surface area contributed by atoms with E-state index in [2.05, 4.69) is 31.5 Å². The van der Waals surface area contributed by atoms with Gasteiger partial charge in [0.15, 0.2) is 0 Å². The van der Waals surface area contributed by atoms with Crippen molar-refractivity contribution in [1.82, 2.24) is 14.7 Å². The van der Waals surface area contributed by atoms with Gasteiger partial charge in [0, 0.05) is 27.6 Å². The van der Waals surface area contributed by atoms with Crippen molar-refractivity contribution in [2.75, 3.05) is 5.32 Å². The van der Waals surface area contributed by atoms with E-state index in [9.17, 15) is 4.79 Å². The fraction of sp³-hybridized carbons (Fsp3) is 0.0667. The van der Waals surface area contributed by atoms with Crippen molar-refractivity contribution < 1.29 is 4.79 Å². The van der Waals surface area contributed by atoms with Gasteiger partial charge in [-0.15, -0.1) is 0 Å². The summed E-state index contributed by atoms with van der Waals surface area (Å²) >= 11 is 9.28. The van der Waals surface area contributed by atoms with Crippen molar-refractivity contribution >= 4 is 44.9 Å². The summed E-state index contributed by atoms with van der Waals surface area (Å²) in [4.78, 5) is 16.3. The number of hydrogen-bond donors (Lipinski definition) is 2. The van der Waals surface area contributed by atoms with E-state index >= 15 is 0 Å². The first-order chi connectivity index (χ1) is 10.6. The lowest BCUT2D eigenvalue weighted by Crippen LogP contribution is -2.28. The van der Waals surface area contributed by atoms with Crippen LogP contribution in [0.3, 0.4) is 0 Å². The van der Waals surface area contributed by atoms with Gasteiger partial charge in [0.2, 0.25) is 0 Å². The lowest BCUT2D eigenvalue weighted by atomic mass is 10.3. The number of imidazole rings is 1. The summed E-state index contributed by atoms with van der Waals surface area (Å²) in [6.07, 6.45) is 3.79. The molecule has 0 atom stereocenters. The van der Waals surface area contributed by atoms with Crippen LogP contribution in [0.2, 0.25) is 5.02 Å². The maximum Gasteiger partial charge on any atom is 0.319 e. The maximum absolute atomic E-state index is 11.9. The van der Waals surface area contributed by atoms with E-state index in [-0.39, 0.29) is 6.03 Å². The maximum atomic E-state index is 11.9. The average Bonchev–Trinajstić information content (AvgIpc) is 2.87. The Kier molecular flexibility index (Phi) is 4.31. The van der Waals surface area contributed by atoms with E-state index in [1.165, 1.54) is 0 Å². The van der Waals surface area contributed by atoms with Gasteiger partial charge in [0.1, 0.15) is 5.65 Å². The number of anilines is 1. The van der Waals surface area contributed by atoms with Crippen LogP contribution in [0.5, 0.6) is 0 Å². The number of carbonyl (C=O) groups excluding carboxylic acids is 1. The van der Waals surface area contributed by atoms with Gasteiger partial charge in [-0.1, -0.05) is 17.7 Å². The molecule has 0 aliphatic rings. The molecule has 0 aliphatic heterocycles. The Morgan fingerprint density at radius 3 is 2.95 bits per heavy atom. The van der Waals surface area contributed by atoms with Gasteiger partial charge in [-0.05, 0) is 46.3 Å². The third-order valence-corrected chi connectivity index (χ3v) is 3.68. The molecule has 22 heavy (non-hydrogen) atoms. The second kappa shape index (κ2) is 6.37. The predicted octanol–water partition coefficient (Wildman–Crippen LogP) is 4.07. The number of aromatic nitrogens is 2. The van der Waals surface area contributed by atoms with Crippen LogP contribution >= 0.6 is 27.5 Å². The van der Waals surface area contributed by atoms with Crippen molar-refractivity contribution in [3.63, 3.8) is 0 Å². The van der Waals surface area contributed by atoms with Gasteiger partial charge in [0.05, 0.1) is 12.2 Å². The number of rotatable bonds is 3. The van der Waals surface area contributed by atoms with E-state index in [0.29, 0.717) is 17.3 Å². The zero-order valence-electron chi connectivity index (χ0n) is 11.4. The zero-order valence-corrected chi connectivity index (χ0v) is 13.7. The van der Waals surface area contributed by atoms with Gasteiger partial charge in [-0.25, -0.2) is 9.78 Å². The SMILES string of the molecule is O=C(NCc1cn2cc(Br)ccc2n1)Nc1cccc(Cl)c1. The average molecular weight is 380 g/mol. The van der Waals surface area contributed by atoms with Crippen molar-refractivity contribution in [2.24, 2.45) is 0 Å². The highest BCUT2D eigenvalue weighted by atomic mass is 79.9. The van der Waals surface area contributed by atoms with Crippen LogP contribution in [-0.4, -0.2) is 15.4 Å². The van der Waals surface area contributed by atoms with Crippen LogP contribution in [0.1, 0.15) is 5.69 Å². The lowest BCUT2D eigenvalue weighted by molar-refractivity contribution is 0.251. The summed E-state index contributed by atoms with van der Waals surface area (Å²) in [6.45, 7) is 0.339. The van der Waals surface area contributed by atoms with Crippen molar-refractivity contribution in [2.45, 2.75) is 6.54 Å². The monoisotopic (exact) mass is 378 g/mol. The summed E-state index contributed by atoms with van der Waals surface area (Å²) in [6, 6.07) is 10.5. The molecular weight excluding hydrogens is 368 g/mol. The van der Waals surface area contributed by atoms with Crippen molar-refractivity contribution in [1.29, 1.82) is 0 Å². The molecule has 0 bridgehead atoms. The first-order valence-electron chi connectivity index (χ1n) is 6.54. The first-order valence-corrected chi connectivity index (χ1v) is 7.71. The summed E-state index contributed by atoms with van der Waals surface area (Å²) in [7, 11) is 0. The van der Waals surface area contributed by atoms with Gasteiger partial charge < -0.3 is 15.0 Å². The molecule has 2 amide bonds. The number of fused-ring (bicyclic) bond motifs is 1. The third kappa shape index (κ3) is 3.58. The molecule has 0 fully saturated rings. The Morgan fingerprint density at radius 1 is 1.27 bits per heavy atom. The third-order valence-electron chi connectivity index (χ3n) is 2.98. The van der Waals surface area contributed by atoms with E-state index in [1.807, 2.05) is 28.9 Å². The fourth-order valence-electron chi connectivity index (χ4n) is 2.01. The molecule has 2 heterocycles. The molecule has 3 aromatic rings. The quantitative estimate of drug-likeness (QED) is 0.720. The number of amides is 2. The molecule has 2 N–H and O–H groups in total. The topological polar surface area (TPSA) is 58.4 Å². The summed E-state index contributed by atoms with van der Waals surface area (Å²) in [5.74, 6) is 0.